The molecule has 3 N–H and O–H groups in total. The zero-order valence-electron chi connectivity index (χ0n) is 14.3. The van der Waals surface area contributed by atoms with Gasteiger partial charge in [0.05, 0.1) is 12.1 Å². The number of hydrogen-bond donors (Lipinski definition) is 2. The second-order valence-corrected chi connectivity index (χ2v) is 5.94. The van der Waals surface area contributed by atoms with E-state index in [0.717, 1.165) is 0 Å². The zero-order chi connectivity index (χ0) is 18.7. The highest BCUT2D eigenvalue weighted by Crippen LogP contribution is 2.24. The summed E-state index contributed by atoms with van der Waals surface area (Å²) in [6.45, 7) is 1.96. The minimum atomic E-state index is -0.464. The summed E-state index contributed by atoms with van der Waals surface area (Å²) >= 11 is 0. The highest BCUT2D eigenvalue weighted by atomic mass is 16.6. The number of amides is 1. The molecule has 1 unspecified atom stereocenters. The molecule has 1 saturated heterocycles. The van der Waals surface area contributed by atoms with E-state index in [-0.39, 0.29) is 18.2 Å². The molecule has 0 saturated carbocycles. The van der Waals surface area contributed by atoms with E-state index in [0.29, 0.717) is 29.1 Å². The lowest BCUT2D eigenvalue weighted by Crippen LogP contribution is -2.26. The number of rotatable bonds is 6. The van der Waals surface area contributed by atoms with Gasteiger partial charge in [0.1, 0.15) is 18.2 Å². The van der Waals surface area contributed by atoms with E-state index >= 15 is 0 Å². The number of hydrogen-bond acceptors (Lipinski definition) is 5. The minimum absolute atomic E-state index is 0.0315. The topological polar surface area (TPSA) is 106 Å². The first kappa shape index (κ1) is 17.5. The number of cyclic esters (lactones) is 1. The molecule has 1 aliphatic rings. The van der Waals surface area contributed by atoms with Crippen LogP contribution in [-0.2, 0) is 4.74 Å². The van der Waals surface area contributed by atoms with Crippen LogP contribution in [0.25, 0.3) is 0 Å². The van der Waals surface area contributed by atoms with E-state index in [1.165, 1.54) is 11.8 Å². The van der Waals surface area contributed by atoms with Gasteiger partial charge in [0.2, 0.25) is 0 Å². The smallest absolute Gasteiger partial charge is 0.414 e. The fourth-order valence-electron chi connectivity index (χ4n) is 2.71. The van der Waals surface area contributed by atoms with E-state index in [4.69, 9.17) is 20.6 Å². The lowest BCUT2D eigenvalue weighted by molar-refractivity contribution is 0.0974. The Balaban J connectivity index is 1.65. The summed E-state index contributed by atoms with van der Waals surface area (Å²) in [5, 5.41) is 7.40. The third-order valence-corrected chi connectivity index (χ3v) is 4.06. The summed E-state index contributed by atoms with van der Waals surface area (Å²) in [4.78, 5) is 25.2. The Morgan fingerprint density at radius 1 is 1.27 bits per heavy atom. The third kappa shape index (κ3) is 3.66. The van der Waals surface area contributed by atoms with Gasteiger partial charge in [-0.1, -0.05) is 12.1 Å². The van der Waals surface area contributed by atoms with E-state index < -0.39 is 12.2 Å². The number of carbonyl (C=O) groups excluding carboxylic acids is 2. The SMILES string of the molecule is CC(=O)c1ccccc1OCC1CN(c2ccc(C(=N)N)cc2)C(=O)O1. The van der Waals surface area contributed by atoms with E-state index in [1.54, 1.807) is 48.5 Å². The van der Waals surface area contributed by atoms with Crippen LogP contribution < -0.4 is 15.4 Å². The molecule has 3 rings (SSSR count). The fraction of sp³-hybridized carbons (Fsp3) is 0.211. The normalized spacial score (nSPS) is 16.3. The molecule has 26 heavy (non-hydrogen) atoms. The van der Waals surface area contributed by atoms with Gasteiger partial charge in [-0.25, -0.2) is 4.79 Å². The molecule has 1 aliphatic heterocycles. The summed E-state index contributed by atoms with van der Waals surface area (Å²) in [5.41, 5.74) is 7.17. The van der Waals surface area contributed by atoms with Crippen LogP contribution in [0, 0.1) is 5.41 Å². The molecule has 134 valence electrons. The van der Waals surface area contributed by atoms with E-state index in [1.807, 2.05) is 0 Å². The van der Waals surface area contributed by atoms with Gasteiger partial charge in [-0.05, 0) is 43.3 Å². The Morgan fingerprint density at radius 2 is 1.96 bits per heavy atom. The molecule has 7 heteroatoms. The molecule has 1 fully saturated rings. The number of Topliss-reactive ketones (excluding diaryl/α,β-unsaturated/α-hetero) is 1. The predicted molar refractivity (Wildman–Crippen MR) is 97.0 cm³/mol. The van der Waals surface area contributed by atoms with Crippen LogP contribution in [0.15, 0.2) is 48.5 Å². The number of ketones is 1. The van der Waals surface area contributed by atoms with Crippen molar-refractivity contribution in [1.82, 2.24) is 0 Å². The average Bonchev–Trinajstić information content (AvgIpc) is 3.01. The second-order valence-electron chi connectivity index (χ2n) is 5.94. The van der Waals surface area contributed by atoms with Crippen LogP contribution in [0.2, 0.25) is 0 Å². The monoisotopic (exact) mass is 353 g/mol. The highest BCUT2D eigenvalue weighted by molar-refractivity contribution is 5.97. The largest absolute Gasteiger partial charge is 0.489 e. The van der Waals surface area contributed by atoms with Crippen molar-refractivity contribution in [2.45, 2.75) is 13.0 Å². The van der Waals surface area contributed by atoms with Crippen LogP contribution in [0.4, 0.5) is 10.5 Å². The lowest BCUT2D eigenvalue weighted by atomic mass is 10.1. The van der Waals surface area contributed by atoms with Crippen molar-refractivity contribution in [3.8, 4) is 5.75 Å². The zero-order valence-corrected chi connectivity index (χ0v) is 14.3. The van der Waals surface area contributed by atoms with Crippen LogP contribution in [0.5, 0.6) is 5.75 Å². The standard InChI is InChI=1S/C19H19N3O4/c1-12(23)16-4-2-3-5-17(16)25-11-15-10-22(19(24)26-15)14-8-6-13(7-9-14)18(20)21/h2-9,15H,10-11H2,1H3,(H3,20,21). The number of para-hydroxylation sites is 1. The van der Waals surface area contributed by atoms with Gasteiger partial charge >= 0.3 is 6.09 Å². The number of nitrogen functional groups attached to an aromatic ring is 1. The first-order valence-electron chi connectivity index (χ1n) is 8.11. The quantitative estimate of drug-likeness (QED) is 0.472. The Kier molecular flexibility index (Phi) is 4.88. The molecule has 7 nitrogen and oxygen atoms in total. The Bertz CT molecular complexity index is 848. The molecule has 0 aliphatic carbocycles. The molecule has 1 atom stereocenters. The van der Waals surface area contributed by atoms with Crippen molar-refractivity contribution in [3.63, 3.8) is 0 Å². The molecule has 0 spiro atoms. The molecular weight excluding hydrogens is 334 g/mol. The lowest BCUT2D eigenvalue weighted by Gasteiger charge is -2.14. The number of benzene rings is 2. The van der Waals surface area contributed by atoms with Crippen LogP contribution in [-0.4, -0.2) is 37.0 Å². The number of nitrogens with one attached hydrogen (secondary N) is 1. The number of anilines is 1. The van der Waals surface area contributed by atoms with Crippen LogP contribution in [0.3, 0.4) is 0 Å². The number of nitrogens with two attached hydrogens (primary N) is 1. The molecule has 2 aromatic carbocycles. The molecule has 2 aromatic rings. The summed E-state index contributed by atoms with van der Waals surface area (Å²) in [7, 11) is 0. The number of nitrogens with zero attached hydrogens (tertiary/aromatic N) is 1. The molecular formula is C19H19N3O4. The summed E-state index contributed by atoms with van der Waals surface area (Å²) < 4.78 is 11.0. The van der Waals surface area contributed by atoms with Crippen molar-refractivity contribution in [2.75, 3.05) is 18.1 Å². The van der Waals surface area contributed by atoms with E-state index in [2.05, 4.69) is 0 Å². The van der Waals surface area contributed by atoms with E-state index in [9.17, 15) is 9.59 Å². The van der Waals surface area contributed by atoms with Gasteiger partial charge < -0.3 is 15.2 Å². The number of amidine groups is 1. The summed E-state index contributed by atoms with van der Waals surface area (Å²) in [5.74, 6) is 0.354. The van der Waals surface area contributed by atoms with Gasteiger partial charge in [0.25, 0.3) is 0 Å². The molecule has 1 heterocycles. The fourth-order valence-corrected chi connectivity index (χ4v) is 2.71. The molecule has 0 aromatic heterocycles. The Morgan fingerprint density at radius 3 is 2.62 bits per heavy atom. The maximum absolute atomic E-state index is 12.1. The molecule has 0 bridgehead atoms. The third-order valence-electron chi connectivity index (χ3n) is 4.06. The molecule has 1 amide bonds. The average molecular weight is 353 g/mol. The van der Waals surface area contributed by atoms with Crippen molar-refractivity contribution < 1.29 is 19.1 Å². The first-order chi connectivity index (χ1) is 12.5. The van der Waals surface area contributed by atoms with Gasteiger partial charge in [-0.2, -0.15) is 0 Å². The second kappa shape index (κ2) is 7.26. The van der Waals surface area contributed by atoms with Gasteiger partial charge in [0, 0.05) is 11.3 Å². The first-order valence-corrected chi connectivity index (χ1v) is 8.11. The van der Waals surface area contributed by atoms with Gasteiger partial charge in [-0.3, -0.25) is 15.1 Å². The van der Waals surface area contributed by atoms with Crippen molar-refractivity contribution in [2.24, 2.45) is 5.73 Å². The Labute approximate surface area is 150 Å². The summed E-state index contributed by atoms with van der Waals surface area (Å²) in [6.07, 6.45) is -0.913. The number of ether oxygens (including phenoxy) is 2. The van der Waals surface area contributed by atoms with Crippen molar-refractivity contribution >= 4 is 23.4 Å². The van der Waals surface area contributed by atoms with Gasteiger partial charge in [-0.15, -0.1) is 0 Å². The molecule has 0 radical (unpaired) electrons. The maximum atomic E-state index is 12.1. The number of carbonyl (C=O) groups is 2. The maximum Gasteiger partial charge on any atom is 0.414 e. The van der Waals surface area contributed by atoms with Crippen LogP contribution >= 0.6 is 0 Å². The summed E-state index contributed by atoms with van der Waals surface area (Å²) in [6, 6.07) is 13.7. The van der Waals surface area contributed by atoms with Crippen LogP contribution in [0.1, 0.15) is 22.8 Å². The Hall–Kier alpha value is -3.35. The van der Waals surface area contributed by atoms with Crippen molar-refractivity contribution in [3.05, 3.63) is 59.7 Å². The predicted octanol–water partition coefficient (Wildman–Crippen LogP) is 2.58. The highest BCUT2D eigenvalue weighted by Gasteiger charge is 2.33. The van der Waals surface area contributed by atoms with Crippen molar-refractivity contribution in [1.29, 1.82) is 5.41 Å². The van der Waals surface area contributed by atoms with Gasteiger partial charge in [0.15, 0.2) is 11.9 Å². The minimum Gasteiger partial charge on any atom is -0.489 e.